The molecule has 1 N–H and O–H groups in total. The molecule has 0 aromatic heterocycles. The van der Waals surface area contributed by atoms with Crippen molar-refractivity contribution in [2.45, 2.75) is 58.5 Å². The fourth-order valence-electron chi connectivity index (χ4n) is 3.15. The number of hydrogen-bond donors (Lipinski definition) is 1. The predicted molar refractivity (Wildman–Crippen MR) is 80.4 cm³/mol. The van der Waals surface area contributed by atoms with Crippen LogP contribution < -0.4 is 5.32 Å². The zero-order chi connectivity index (χ0) is 13.7. The van der Waals surface area contributed by atoms with Gasteiger partial charge in [-0.2, -0.15) is 0 Å². The van der Waals surface area contributed by atoms with E-state index in [0.717, 1.165) is 31.7 Å². The molecule has 112 valence electrons. The Morgan fingerprint density at radius 3 is 2.74 bits per heavy atom. The maximum Gasteiger partial charge on any atom is 0.0593 e. The summed E-state index contributed by atoms with van der Waals surface area (Å²) in [6.45, 7) is 12.1. The molecule has 2 unspecified atom stereocenters. The first kappa shape index (κ1) is 15.3. The van der Waals surface area contributed by atoms with Crippen molar-refractivity contribution in [2.75, 3.05) is 32.8 Å². The highest BCUT2D eigenvalue weighted by Gasteiger charge is 2.38. The SMILES string of the molecule is CCCC1CN(CCOCC(C)C)C(C2CC2)CN1. The third kappa shape index (κ3) is 5.05. The van der Waals surface area contributed by atoms with Crippen molar-refractivity contribution >= 4 is 0 Å². The Morgan fingerprint density at radius 1 is 1.32 bits per heavy atom. The molecule has 1 saturated heterocycles. The maximum absolute atomic E-state index is 5.78. The summed E-state index contributed by atoms with van der Waals surface area (Å²) in [6, 6.07) is 1.47. The Labute approximate surface area is 119 Å². The summed E-state index contributed by atoms with van der Waals surface area (Å²) in [5.41, 5.74) is 0. The van der Waals surface area contributed by atoms with Crippen LogP contribution in [0.5, 0.6) is 0 Å². The second kappa shape index (κ2) is 7.61. The summed E-state index contributed by atoms with van der Waals surface area (Å²) in [4.78, 5) is 2.70. The quantitative estimate of drug-likeness (QED) is 0.685. The van der Waals surface area contributed by atoms with Gasteiger partial charge in [-0.15, -0.1) is 0 Å². The van der Waals surface area contributed by atoms with E-state index in [2.05, 4.69) is 31.0 Å². The minimum atomic E-state index is 0.648. The fourth-order valence-corrected chi connectivity index (χ4v) is 3.15. The molecule has 3 heteroatoms. The zero-order valence-corrected chi connectivity index (χ0v) is 13.0. The van der Waals surface area contributed by atoms with Crippen LogP contribution in [-0.2, 0) is 4.74 Å². The monoisotopic (exact) mass is 268 g/mol. The Balaban J connectivity index is 1.74. The Bertz CT molecular complexity index is 253. The highest BCUT2D eigenvalue weighted by Crippen LogP contribution is 2.36. The predicted octanol–water partition coefficient (Wildman–Crippen LogP) is 2.51. The lowest BCUT2D eigenvalue weighted by atomic mass is 10.0. The molecule has 0 bridgehead atoms. The molecule has 1 aliphatic carbocycles. The molecule has 0 radical (unpaired) electrons. The molecule has 0 aromatic rings. The van der Waals surface area contributed by atoms with Crippen LogP contribution in [0.2, 0.25) is 0 Å². The highest BCUT2D eigenvalue weighted by atomic mass is 16.5. The number of rotatable bonds is 8. The van der Waals surface area contributed by atoms with E-state index in [4.69, 9.17) is 4.74 Å². The van der Waals surface area contributed by atoms with Crippen LogP contribution >= 0.6 is 0 Å². The molecule has 1 aliphatic heterocycles. The lowest BCUT2D eigenvalue weighted by Gasteiger charge is -2.40. The molecule has 2 fully saturated rings. The van der Waals surface area contributed by atoms with E-state index >= 15 is 0 Å². The standard InChI is InChI=1S/C16H32N2O/c1-4-5-15-11-18(8-9-19-12-13(2)3)16(10-17-15)14-6-7-14/h13-17H,4-12H2,1-3H3. The molecule has 1 heterocycles. The van der Waals surface area contributed by atoms with Gasteiger partial charge in [-0.25, -0.2) is 0 Å². The van der Waals surface area contributed by atoms with Crippen LogP contribution in [-0.4, -0.2) is 49.8 Å². The molecule has 2 atom stereocenters. The van der Waals surface area contributed by atoms with Crippen molar-refractivity contribution in [1.82, 2.24) is 10.2 Å². The first-order valence-electron chi connectivity index (χ1n) is 8.25. The van der Waals surface area contributed by atoms with Crippen molar-refractivity contribution in [3.63, 3.8) is 0 Å². The molecular formula is C16H32N2O. The number of piperazine rings is 1. The van der Waals surface area contributed by atoms with Gasteiger partial charge in [0, 0.05) is 38.3 Å². The topological polar surface area (TPSA) is 24.5 Å². The van der Waals surface area contributed by atoms with Crippen molar-refractivity contribution in [3.05, 3.63) is 0 Å². The zero-order valence-electron chi connectivity index (χ0n) is 13.0. The second-order valence-electron chi connectivity index (χ2n) is 6.76. The molecular weight excluding hydrogens is 236 g/mol. The van der Waals surface area contributed by atoms with Crippen LogP contribution in [0.4, 0.5) is 0 Å². The Kier molecular flexibility index (Phi) is 6.11. The van der Waals surface area contributed by atoms with Crippen LogP contribution in [0.1, 0.15) is 46.5 Å². The third-order valence-electron chi connectivity index (χ3n) is 4.32. The van der Waals surface area contributed by atoms with Gasteiger partial charge in [-0.05, 0) is 31.1 Å². The lowest BCUT2D eigenvalue weighted by molar-refractivity contribution is 0.0483. The first-order chi connectivity index (χ1) is 9.20. The summed E-state index contributed by atoms with van der Waals surface area (Å²) in [5.74, 6) is 1.61. The maximum atomic E-state index is 5.78. The number of hydrogen-bond acceptors (Lipinski definition) is 3. The van der Waals surface area contributed by atoms with Gasteiger partial charge in [0.2, 0.25) is 0 Å². The van der Waals surface area contributed by atoms with Crippen LogP contribution in [0.3, 0.4) is 0 Å². The van der Waals surface area contributed by atoms with E-state index in [0.29, 0.717) is 12.0 Å². The Hall–Kier alpha value is -0.120. The molecule has 3 nitrogen and oxygen atoms in total. The van der Waals surface area contributed by atoms with E-state index in [1.807, 2.05) is 0 Å². The minimum absolute atomic E-state index is 0.648. The highest BCUT2D eigenvalue weighted by molar-refractivity contribution is 4.94. The van der Waals surface area contributed by atoms with Crippen molar-refractivity contribution in [3.8, 4) is 0 Å². The van der Waals surface area contributed by atoms with Crippen molar-refractivity contribution in [2.24, 2.45) is 11.8 Å². The van der Waals surface area contributed by atoms with E-state index in [-0.39, 0.29) is 0 Å². The van der Waals surface area contributed by atoms with Gasteiger partial charge in [0.1, 0.15) is 0 Å². The third-order valence-corrected chi connectivity index (χ3v) is 4.32. The lowest BCUT2D eigenvalue weighted by Crippen LogP contribution is -2.57. The van der Waals surface area contributed by atoms with Crippen molar-refractivity contribution < 1.29 is 4.74 Å². The van der Waals surface area contributed by atoms with Gasteiger partial charge >= 0.3 is 0 Å². The van der Waals surface area contributed by atoms with Crippen LogP contribution in [0.15, 0.2) is 0 Å². The van der Waals surface area contributed by atoms with Gasteiger partial charge in [0.15, 0.2) is 0 Å². The van der Waals surface area contributed by atoms with Crippen molar-refractivity contribution in [1.29, 1.82) is 0 Å². The largest absolute Gasteiger partial charge is 0.380 e. The molecule has 1 saturated carbocycles. The van der Waals surface area contributed by atoms with Gasteiger partial charge in [0.25, 0.3) is 0 Å². The number of nitrogens with one attached hydrogen (secondary N) is 1. The summed E-state index contributed by atoms with van der Waals surface area (Å²) in [7, 11) is 0. The fraction of sp³-hybridized carbons (Fsp3) is 1.00. The molecule has 19 heavy (non-hydrogen) atoms. The Morgan fingerprint density at radius 2 is 2.11 bits per heavy atom. The number of ether oxygens (including phenoxy) is 1. The van der Waals surface area contributed by atoms with Crippen LogP contribution in [0, 0.1) is 11.8 Å². The minimum Gasteiger partial charge on any atom is -0.380 e. The summed E-state index contributed by atoms with van der Waals surface area (Å²) < 4.78 is 5.78. The summed E-state index contributed by atoms with van der Waals surface area (Å²) in [6.07, 6.45) is 5.46. The van der Waals surface area contributed by atoms with E-state index in [1.54, 1.807) is 0 Å². The normalized spacial score (nSPS) is 29.1. The van der Waals surface area contributed by atoms with E-state index in [1.165, 1.54) is 38.8 Å². The summed E-state index contributed by atoms with van der Waals surface area (Å²) >= 11 is 0. The number of nitrogens with zero attached hydrogens (tertiary/aromatic N) is 1. The molecule has 0 spiro atoms. The average molecular weight is 268 g/mol. The molecule has 2 rings (SSSR count). The second-order valence-corrected chi connectivity index (χ2v) is 6.76. The smallest absolute Gasteiger partial charge is 0.0593 e. The first-order valence-corrected chi connectivity index (χ1v) is 8.25. The van der Waals surface area contributed by atoms with E-state index in [9.17, 15) is 0 Å². The van der Waals surface area contributed by atoms with Gasteiger partial charge in [-0.1, -0.05) is 27.2 Å². The van der Waals surface area contributed by atoms with E-state index < -0.39 is 0 Å². The summed E-state index contributed by atoms with van der Waals surface area (Å²) in [5, 5.41) is 3.75. The van der Waals surface area contributed by atoms with Gasteiger partial charge < -0.3 is 10.1 Å². The molecule has 0 aromatic carbocycles. The van der Waals surface area contributed by atoms with Crippen LogP contribution in [0.25, 0.3) is 0 Å². The molecule has 2 aliphatic rings. The van der Waals surface area contributed by atoms with Gasteiger partial charge in [-0.3, -0.25) is 4.90 Å². The molecule has 0 amide bonds. The van der Waals surface area contributed by atoms with Gasteiger partial charge in [0.05, 0.1) is 6.61 Å². The average Bonchev–Trinajstić information content (AvgIpc) is 3.19.